The Morgan fingerprint density at radius 1 is 1.19 bits per heavy atom. The van der Waals surface area contributed by atoms with Crippen molar-refractivity contribution in [2.45, 2.75) is 77.0 Å². The van der Waals surface area contributed by atoms with Crippen LogP contribution < -0.4 is 10.5 Å². The van der Waals surface area contributed by atoms with E-state index < -0.39 is 5.54 Å². The number of rotatable bonds is 3. The molecule has 2 aliphatic heterocycles. The van der Waals surface area contributed by atoms with Gasteiger partial charge in [0.25, 0.3) is 0 Å². The number of hydrogen-bond acceptors (Lipinski definition) is 4. The van der Waals surface area contributed by atoms with Crippen LogP contribution in [0.15, 0.2) is 23.2 Å². The Morgan fingerprint density at radius 3 is 2.59 bits per heavy atom. The maximum Gasteiger partial charge on any atom is 0.129 e. The Labute approximate surface area is 161 Å². The van der Waals surface area contributed by atoms with Crippen molar-refractivity contribution in [3.05, 3.63) is 29.6 Å². The second kappa shape index (κ2) is 6.20. The average molecular weight is 375 g/mol. The van der Waals surface area contributed by atoms with Crippen molar-refractivity contribution < 1.29 is 13.9 Å². The topological polar surface area (TPSA) is 56.8 Å². The first-order chi connectivity index (χ1) is 12.6. The molecule has 5 heteroatoms. The maximum atomic E-state index is 15.0. The fourth-order valence-electron chi connectivity index (χ4n) is 4.64. The molecule has 1 aromatic carbocycles. The van der Waals surface area contributed by atoms with Crippen LogP contribution in [0, 0.1) is 17.2 Å². The van der Waals surface area contributed by atoms with E-state index in [2.05, 4.69) is 27.7 Å². The third-order valence-electron chi connectivity index (χ3n) is 6.63. The van der Waals surface area contributed by atoms with E-state index >= 15 is 4.39 Å². The molecule has 27 heavy (non-hydrogen) atoms. The average Bonchev–Trinajstić information content (AvgIpc) is 2.53. The molecule has 0 spiro atoms. The van der Waals surface area contributed by atoms with Gasteiger partial charge in [-0.05, 0) is 70.1 Å². The van der Waals surface area contributed by atoms with Crippen LogP contribution in [0.3, 0.4) is 0 Å². The highest BCUT2D eigenvalue weighted by atomic mass is 19.1. The predicted molar refractivity (Wildman–Crippen MR) is 105 cm³/mol. The summed E-state index contributed by atoms with van der Waals surface area (Å²) in [6.07, 6.45) is 5.26. The van der Waals surface area contributed by atoms with E-state index in [0.717, 1.165) is 25.7 Å². The summed E-state index contributed by atoms with van der Waals surface area (Å²) in [5, 5.41) is 0. The lowest BCUT2D eigenvalue weighted by molar-refractivity contribution is -0.123. The molecule has 0 amide bonds. The fourth-order valence-corrected chi connectivity index (χ4v) is 4.64. The van der Waals surface area contributed by atoms with Gasteiger partial charge in [0.2, 0.25) is 0 Å². The SMILES string of the molecule is CC1(C)C[C@H]2CC(C)(C)C(N)=N[C@@]2(c2cc(OC3CCC3)ccc2F)CO1. The van der Waals surface area contributed by atoms with Crippen LogP contribution in [0.5, 0.6) is 5.75 Å². The van der Waals surface area contributed by atoms with Crippen LogP contribution >= 0.6 is 0 Å². The maximum absolute atomic E-state index is 15.0. The highest BCUT2D eigenvalue weighted by Gasteiger charge is 2.54. The van der Waals surface area contributed by atoms with Gasteiger partial charge < -0.3 is 15.2 Å². The van der Waals surface area contributed by atoms with Crippen LogP contribution in [-0.4, -0.2) is 24.1 Å². The molecule has 1 saturated carbocycles. The Balaban J connectivity index is 1.78. The molecule has 148 valence electrons. The van der Waals surface area contributed by atoms with E-state index in [4.69, 9.17) is 20.2 Å². The van der Waals surface area contributed by atoms with Crippen LogP contribution in [0.4, 0.5) is 4.39 Å². The van der Waals surface area contributed by atoms with Gasteiger partial charge in [0.05, 0.1) is 18.3 Å². The van der Waals surface area contributed by atoms with Crippen molar-refractivity contribution in [3.8, 4) is 5.75 Å². The quantitative estimate of drug-likeness (QED) is 0.844. The van der Waals surface area contributed by atoms with E-state index in [1.807, 2.05) is 6.07 Å². The van der Waals surface area contributed by atoms with Gasteiger partial charge in [0.1, 0.15) is 22.9 Å². The van der Waals surface area contributed by atoms with E-state index in [0.29, 0.717) is 23.8 Å². The van der Waals surface area contributed by atoms with Crippen molar-refractivity contribution in [3.63, 3.8) is 0 Å². The second-order valence-corrected chi connectivity index (χ2v) is 9.77. The molecule has 0 unspecified atom stereocenters. The Bertz CT molecular complexity index is 770. The molecule has 4 rings (SSSR count). The Kier molecular flexibility index (Phi) is 4.30. The minimum atomic E-state index is -0.780. The summed E-state index contributed by atoms with van der Waals surface area (Å²) in [6, 6.07) is 5.05. The summed E-state index contributed by atoms with van der Waals surface area (Å²) < 4.78 is 27.2. The first-order valence-corrected chi connectivity index (χ1v) is 10.1. The summed E-state index contributed by atoms with van der Waals surface area (Å²) in [5.74, 6) is 1.19. The minimum Gasteiger partial charge on any atom is -0.490 e. The molecule has 1 aromatic rings. The number of ether oxygens (including phenoxy) is 2. The van der Waals surface area contributed by atoms with Crippen LogP contribution in [-0.2, 0) is 10.3 Å². The molecule has 4 nitrogen and oxygen atoms in total. The Hall–Kier alpha value is -1.62. The first kappa shape index (κ1) is 18.7. The number of hydrogen-bond donors (Lipinski definition) is 1. The van der Waals surface area contributed by atoms with Gasteiger partial charge in [-0.2, -0.15) is 0 Å². The molecule has 2 atom stereocenters. The molecule has 1 aliphatic carbocycles. The Morgan fingerprint density at radius 2 is 1.93 bits per heavy atom. The van der Waals surface area contributed by atoms with E-state index in [-0.39, 0.29) is 28.9 Å². The third kappa shape index (κ3) is 3.24. The number of halogens is 1. The van der Waals surface area contributed by atoms with E-state index in [1.54, 1.807) is 6.07 Å². The molecule has 0 radical (unpaired) electrons. The summed E-state index contributed by atoms with van der Waals surface area (Å²) in [7, 11) is 0. The highest BCUT2D eigenvalue weighted by Crippen LogP contribution is 2.53. The number of nitrogens with two attached hydrogens (primary N) is 1. The van der Waals surface area contributed by atoms with Crippen molar-refractivity contribution in [1.29, 1.82) is 0 Å². The summed E-state index contributed by atoms with van der Waals surface area (Å²) in [4.78, 5) is 4.91. The van der Waals surface area contributed by atoms with Crippen molar-refractivity contribution in [2.75, 3.05) is 6.61 Å². The summed E-state index contributed by atoms with van der Waals surface area (Å²) in [5.41, 5.74) is 5.68. The van der Waals surface area contributed by atoms with Crippen LogP contribution in [0.1, 0.15) is 65.4 Å². The molecule has 2 heterocycles. The standard InChI is InChI=1S/C22H31FN2O2/c1-20(2)11-14-12-21(3,4)26-13-22(14,25-19(20)24)17-10-16(8-9-18(17)23)27-15-6-5-7-15/h8-10,14-15H,5-7,11-13H2,1-4H3,(H2,24,25)/t14-,22+/m1/s1. The number of aliphatic imine (C=N–C) groups is 1. The molecule has 1 saturated heterocycles. The van der Waals surface area contributed by atoms with Crippen LogP contribution in [0.2, 0.25) is 0 Å². The molecule has 2 N–H and O–H groups in total. The zero-order valence-corrected chi connectivity index (χ0v) is 16.8. The highest BCUT2D eigenvalue weighted by molar-refractivity contribution is 5.87. The van der Waals surface area contributed by atoms with Crippen molar-refractivity contribution >= 4 is 5.84 Å². The minimum absolute atomic E-state index is 0.164. The molecule has 0 aromatic heterocycles. The number of fused-ring (bicyclic) bond motifs is 1. The zero-order valence-electron chi connectivity index (χ0n) is 16.8. The first-order valence-electron chi connectivity index (χ1n) is 10.1. The van der Waals surface area contributed by atoms with E-state index in [9.17, 15) is 0 Å². The van der Waals surface area contributed by atoms with E-state index in [1.165, 1.54) is 12.5 Å². The van der Waals surface area contributed by atoms with Crippen molar-refractivity contribution in [1.82, 2.24) is 0 Å². The van der Waals surface area contributed by atoms with Gasteiger partial charge in [-0.1, -0.05) is 13.8 Å². The predicted octanol–water partition coefficient (Wildman–Crippen LogP) is 4.55. The number of benzene rings is 1. The largest absolute Gasteiger partial charge is 0.490 e. The monoisotopic (exact) mass is 374 g/mol. The van der Waals surface area contributed by atoms with Crippen LogP contribution in [0.25, 0.3) is 0 Å². The second-order valence-electron chi connectivity index (χ2n) is 9.77. The lowest BCUT2D eigenvalue weighted by atomic mass is 9.63. The third-order valence-corrected chi connectivity index (χ3v) is 6.63. The lowest BCUT2D eigenvalue weighted by Gasteiger charge is -2.52. The molecular weight excluding hydrogens is 343 g/mol. The molecule has 3 aliphatic rings. The molecule has 2 fully saturated rings. The molecule has 0 bridgehead atoms. The van der Waals surface area contributed by atoms with Crippen molar-refractivity contribution in [2.24, 2.45) is 22.1 Å². The van der Waals surface area contributed by atoms with Gasteiger partial charge >= 0.3 is 0 Å². The van der Waals surface area contributed by atoms with Gasteiger partial charge in [-0.3, -0.25) is 4.99 Å². The number of nitrogens with zero attached hydrogens (tertiary/aromatic N) is 1. The summed E-state index contributed by atoms with van der Waals surface area (Å²) >= 11 is 0. The smallest absolute Gasteiger partial charge is 0.129 e. The lowest BCUT2D eigenvalue weighted by Crippen LogP contribution is -2.56. The van der Waals surface area contributed by atoms with Gasteiger partial charge in [-0.15, -0.1) is 0 Å². The van der Waals surface area contributed by atoms with Gasteiger partial charge in [-0.25, -0.2) is 4.39 Å². The summed E-state index contributed by atoms with van der Waals surface area (Å²) in [6.45, 7) is 8.76. The molecular formula is C22H31FN2O2. The fraction of sp³-hybridized carbons (Fsp3) is 0.682. The van der Waals surface area contributed by atoms with Gasteiger partial charge in [0, 0.05) is 11.0 Å². The number of amidine groups is 1. The van der Waals surface area contributed by atoms with Gasteiger partial charge in [0.15, 0.2) is 0 Å². The zero-order chi connectivity index (χ0) is 19.4. The normalized spacial score (nSPS) is 32.2.